The molecule has 1 atom stereocenters. The minimum atomic E-state index is -0.458. The molecular weight excluding hydrogens is 236 g/mol. The summed E-state index contributed by atoms with van der Waals surface area (Å²) in [4.78, 5) is 12.2. The van der Waals surface area contributed by atoms with E-state index in [-0.39, 0.29) is 5.91 Å². The summed E-state index contributed by atoms with van der Waals surface area (Å²) >= 11 is 5.88. The van der Waals surface area contributed by atoms with Crippen molar-refractivity contribution >= 4 is 23.2 Å². The summed E-state index contributed by atoms with van der Waals surface area (Å²) < 4.78 is 0. The van der Waals surface area contributed by atoms with Gasteiger partial charge in [-0.25, -0.2) is 0 Å². The average molecular weight is 253 g/mol. The highest BCUT2D eigenvalue weighted by Gasteiger charge is 2.34. The van der Waals surface area contributed by atoms with E-state index in [2.05, 4.69) is 10.6 Å². The minimum Gasteiger partial charge on any atom is -0.324 e. The fourth-order valence-corrected chi connectivity index (χ4v) is 2.28. The van der Waals surface area contributed by atoms with Gasteiger partial charge in [0.1, 0.15) is 0 Å². The third-order valence-electron chi connectivity index (χ3n) is 3.20. The lowest BCUT2D eigenvalue weighted by Gasteiger charge is -2.33. The standard InChI is InChI=1S/C13H17ClN2O/c1-13(7-2-3-8-15-13)12(17)16-11-6-4-5-10(14)9-11/h4-6,9,15H,2-3,7-8H2,1H3,(H,16,17). The molecule has 1 saturated heterocycles. The lowest BCUT2D eigenvalue weighted by Crippen LogP contribution is -2.54. The molecule has 0 aromatic heterocycles. The molecule has 1 aromatic carbocycles. The van der Waals surface area contributed by atoms with E-state index in [0.29, 0.717) is 5.02 Å². The largest absolute Gasteiger partial charge is 0.324 e. The summed E-state index contributed by atoms with van der Waals surface area (Å²) in [6.45, 7) is 2.85. The monoisotopic (exact) mass is 252 g/mol. The molecule has 1 aromatic rings. The molecule has 1 heterocycles. The molecule has 0 saturated carbocycles. The van der Waals surface area contributed by atoms with Crippen LogP contribution < -0.4 is 10.6 Å². The van der Waals surface area contributed by atoms with E-state index in [1.165, 1.54) is 0 Å². The van der Waals surface area contributed by atoms with Gasteiger partial charge in [0.05, 0.1) is 5.54 Å². The zero-order chi connectivity index (χ0) is 12.3. The van der Waals surface area contributed by atoms with Gasteiger partial charge in [0.15, 0.2) is 0 Å². The molecule has 0 spiro atoms. The molecule has 1 fully saturated rings. The van der Waals surface area contributed by atoms with Crippen molar-refractivity contribution in [2.45, 2.75) is 31.7 Å². The highest BCUT2D eigenvalue weighted by Crippen LogP contribution is 2.22. The molecule has 4 heteroatoms. The van der Waals surface area contributed by atoms with Crippen LogP contribution in [0, 0.1) is 0 Å². The molecule has 1 aliphatic rings. The molecule has 1 aliphatic heterocycles. The highest BCUT2D eigenvalue weighted by molar-refractivity contribution is 6.30. The number of hydrogen-bond acceptors (Lipinski definition) is 2. The third-order valence-corrected chi connectivity index (χ3v) is 3.44. The molecule has 2 N–H and O–H groups in total. The van der Waals surface area contributed by atoms with Gasteiger partial charge in [-0.1, -0.05) is 17.7 Å². The van der Waals surface area contributed by atoms with Crippen molar-refractivity contribution < 1.29 is 4.79 Å². The van der Waals surface area contributed by atoms with Gasteiger partial charge in [-0.15, -0.1) is 0 Å². The van der Waals surface area contributed by atoms with Crippen molar-refractivity contribution in [2.75, 3.05) is 11.9 Å². The third kappa shape index (κ3) is 2.99. The molecule has 17 heavy (non-hydrogen) atoms. The SMILES string of the molecule is CC1(C(=O)Nc2cccc(Cl)c2)CCCCN1. The van der Waals surface area contributed by atoms with Crippen LogP contribution in [0.25, 0.3) is 0 Å². The van der Waals surface area contributed by atoms with Gasteiger partial charge in [-0.2, -0.15) is 0 Å². The first-order valence-electron chi connectivity index (χ1n) is 5.92. The number of hydrogen-bond donors (Lipinski definition) is 2. The number of anilines is 1. The quantitative estimate of drug-likeness (QED) is 0.850. The highest BCUT2D eigenvalue weighted by atomic mass is 35.5. The summed E-state index contributed by atoms with van der Waals surface area (Å²) in [6.07, 6.45) is 3.10. The van der Waals surface area contributed by atoms with Gasteiger partial charge in [-0.05, 0) is 50.9 Å². The number of carbonyl (C=O) groups is 1. The van der Waals surface area contributed by atoms with E-state index in [0.717, 1.165) is 31.5 Å². The van der Waals surface area contributed by atoms with Crippen LogP contribution in [-0.4, -0.2) is 18.0 Å². The normalized spacial score (nSPS) is 24.4. The Hall–Kier alpha value is -1.06. The number of amides is 1. The lowest BCUT2D eigenvalue weighted by atomic mass is 9.90. The van der Waals surface area contributed by atoms with Gasteiger partial charge >= 0.3 is 0 Å². The van der Waals surface area contributed by atoms with E-state index in [1.54, 1.807) is 12.1 Å². The van der Waals surface area contributed by atoms with Gasteiger partial charge in [0.2, 0.25) is 5.91 Å². The smallest absolute Gasteiger partial charge is 0.244 e. The molecule has 1 amide bonds. The van der Waals surface area contributed by atoms with Crippen molar-refractivity contribution in [1.82, 2.24) is 5.32 Å². The Morgan fingerprint density at radius 3 is 2.94 bits per heavy atom. The van der Waals surface area contributed by atoms with Crippen LogP contribution in [0.2, 0.25) is 5.02 Å². The molecule has 0 radical (unpaired) electrons. The molecule has 0 aliphatic carbocycles. The van der Waals surface area contributed by atoms with E-state index in [1.807, 2.05) is 19.1 Å². The predicted molar refractivity (Wildman–Crippen MR) is 70.3 cm³/mol. The Morgan fingerprint density at radius 2 is 2.29 bits per heavy atom. The molecule has 2 rings (SSSR count). The van der Waals surface area contributed by atoms with Gasteiger partial charge in [0, 0.05) is 10.7 Å². The number of rotatable bonds is 2. The summed E-state index contributed by atoms with van der Waals surface area (Å²) in [6, 6.07) is 7.22. The first-order valence-corrected chi connectivity index (χ1v) is 6.30. The first kappa shape index (κ1) is 12.4. The van der Waals surface area contributed by atoms with Crippen LogP contribution in [0.15, 0.2) is 24.3 Å². The second kappa shape index (κ2) is 5.07. The van der Waals surface area contributed by atoms with E-state index in [4.69, 9.17) is 11.6 Å². The van der Waals surface area contributed by atoms with Crippen LogP contribution in [0.4, 0.5) is 5.69 Å². The van der Waals surface area contributed by atoms with Crippen LogP contribution in [0.5, 0.6) is 0 Å². The molecular formula is C13H17ClN2O. The van der Waals surface area contributed by atoms with Crippen molar-refractivity contribution in [3.63, 3.8) is 0 Å². The van der Waals surface area contributed by atoms with Crippen molar-refractivity contribution in [3.05, 3.63) is 29.3 Å². The number of piperidine rings is 1. The Bertz CT molecular complexity index is 414. The zero-order valence-corrected chi connectivity index (χ0v) is 10.7. The predicted octanol–water partition coefficient (Wildman–Crippen LogP) is 2.81. The van der Waals surface area contributed by atoms with Crippen LogP contribution in [-0.2, 0) is 4.79 Å². The van der Waals surface area contributed by atoms with Crippen molar-refractivity contribution in [2.24, 2.45) is 0 Å². The Labute approximate surface area is 107 Å². The van der Waals surface area contributed by atoms with Crippen molar-refractivity contribution in [3.8, 4) is 0 Å². The van der Waals surface area contributed by atoms with E-state index < -0.39 is 5.54 Å². The number of halogens is 1. The maximum atomic E-state index is 12.2. The Balaban J connectivity index is 2.05. The van der Waals surface area contributed by atoms with Gasteiger partial charge in [0.25, 0.3) is 0 Å². The maximum Gasteiger partial charge on any atom is 0.244 e. The number of nitrogens with one attached hydrogen (secondary N) is 2. The Morgan fingerprint density at radius 1 is 1.47 bits per heavy atom. The van der Waals surface area contributed by atoms with Gasteiger partial charge < -0.3 is 10.6 Å². The fraction of sp³-hybridized carbons (Fsp3) is 0.462. The Kier molecular flexibility index (Phi) is 3.69. The summed E-state index contributed by atoms with van der Waals surface area (Å²) in [7, 11) is 0. The van der Waals surface area contributed by atoms with Crippen LogP contribution in [0.1, 0.15) is 26.2 Å². The summed E-state index contributed by atoms with van der Waals surface area (Å²) in [5, 5.41) is 6.82. The minimum absolute atomic E-state index is 0.0134. The topological polar surface area (TPSA) is 41.1 Å². The van der Waals surface area contributed by atoms with Crippen LogP contribution >= 0.6 is 11.6 Å². The molecule has 0 bridgehead atoms. The molecule has 3 nitrogen and oxygen atoms in total. The second-order valence-corrected chi connectivity index (χ2v) is 5.12. The lowest BCUT2D eigenvalue weighted by molar-refractivity contribution is -0.122. The first-order chi connectivity index (χ1) is 8.10. The zero-order valence-electron chi connectivity index (χ0n) is 9.92. The van der Waals surface area contributed by atoms with Crippen molar-refractivity contribution in [1.29, 1.82) is 0 Å². The van der Waals surface area contributed by atoms with E-state index >= 15 is 0 Å². The van der Waals surface area contributed by atoms with E-state index in [9.17, 15) is 4.79 Å². The van der Waals surface area contributed by atoms with Gasteiger partial charge in [-0.3, -0.25) is 4.79 Å². The number of carbonyl (C=O) groups excluding carboxylic acids is 1. The molecule has 92 valence electrons. The number of benzene rings is 1. The summed E-state index contributed by atoms with van der Waals surface area (Å²) in [5.74, 6) is 0.0134. The second-order valence-electron chi connectivity index (χ2n) is 4.68. The maximum absolute atomic E-state index is 12.2. The molecule has 1 unspecified atom stereocenters. The summed E-state index contributed by atoms with van der Waals surface area (Å²) in [5.41, 5.74) is 0.289. The van der Waals surface area contributed by atoms with Crippen LogP contribution in [0.3, 0.4) is 0 Å². The fourth-order valence-electron chi connectivity index (χ4n) is 2.09. The average Bonchev–Trinajstić information content (AvgIpc) is 2.30.